The van der Waals surface area contributed by atoms with E-state index >= 15 is 0 Å². The Kier molecular flexibility index (Phi) is 6.20. The smallest absolute Gasteiger partial charge is 0.399 e. The van der Waals surface area contributed by atoms with Crippen LogP contribution in [0, 0.1) is 17.5 Å². The van der Waals surface area contributed by atoms with E-state index in [9.17, 15) is 26.3 Å². The van der Waals surface area contributed by atoms with Crippen LogP contribution in [0.15, 0.2) is 85.4 Å². The Labute approximate surface area is 191 Å². The van der Waals surface area contributed by atoms with Crippen molar-refractivity contribution in [3.8, 4) is 39.1 Å². The van der Waals surface area contributed by atoms with E-state index in [0.29, 0.717) is 23.3 Å². The lowest BCUT2D eigenvalue weighted by molar-refractivity contribution is -0.276. The number of ether oxygens (including phenoxy) is 1. The first-order valence-corrected chi connectivity index (χ1v) is 10.0. The van der Waals surface area contributed by atoms with Crippen LogP contribution >= 0.6 is 0 Å². The summed E-state index contributed by atoms with van der Waals surface area (Å²) in [5.74, 6) is -5.56. The highest BCUT2D eigenvalue weighted by atomic mass is 19.4. The topological polar surface area (TPSA) is 9.23 Å². The Bertz CT molecular complexity index is 1320. The summed E-state index contributed by atoms with van der Waals surface area (Å²) in [6, 6.07) is 20.4. The monoisotopic (exact) mass is 470 g/mol. The molecule has 0 spiro atoms. The van der Waals surface area contributed by atoms with Gasteiger partial charge in [0, 0.05) is 5.56 Å². The molecule has 0 N–H and O–H groups in total. The van der Waals surface area contributed by atoms with Gasteiger partial charge in [0.05, 0.1) is 0 Å². The van der Waals surface area contributed by atoms with Gasteiger partial charge in [-0.1, -0.05) is 73.3 Å². The van der Waals surface area contributed by atoms with E-state index in [4.69, 9.17) is 0 Å². The number of hydrogen-bond acceptors (Lipinski definition) is 1. The van der Waals surface area contributed by atoms with Gasteiger partial charge in [0.2, 0.25) is 5.75 Å². The molecule has 0 bridgehead atoms. The molecule has 4 rings (SSSR count). The Balaban J connectivity index is 1.60. The fourth-order valence-corrected chi connectivity index (χ4v) is 3.52. The van der Waals surface area contributed by atoms with Crippen molar-refractivity contribution in [1.82, 2.24) is 0 Å². The lowest BCUT2D eigenvalue weighted by atomic mass is 9.97. The van der Waals surface area contributed by atoms with Gasteiger partial charge in [0.15, 0.2) is 11.6 Å². The predicted octanol–water partition coefficient (Wildman–Crippen LogP) is 8.65. The Morgan fingerprint density at radius 1 is 0.588 bits per heavy atom. The van der Waals surface area contributed by atoms with Gasteiger partial charge in [-0.05, 0) is 51.6 Å². The zero-order chi connectivity index (χ0) is 24.5. The van der Waals surface area contributed by atoms with Crippen molar-refractivity contribution in [3.05, 3.63) is 108 Å². The average molecular weight is 470 g/mol. The van der Waals surface area contributed by atoms with Gasteiger partial charge in [-0.25, -0.2) is 13.2 Å². The molecule has 0 radical (unpaired) electrons. The molecule has 0 aliphatic carbocycles. The maximum atomic E-state index is 14.8. The lowest BCUT2D eigenvalue weighted by Crippen LogP contribution is -2.19. The van der Waals surface area contributed by atoms with Gasteiger partial charge in [0.1, 0.15) is 5.82 Å². The summed E-state index contributed by atoms with van der Waals surface area (Å²) in [6.45, 7) is 3.72. The van der Waals surface area contributed by atoms with Crippen LogP contribution in [-0.4, -0.2) is 6.36 Å². The van der Waals surface area contributed by atoms with Gasteiger partial charge in [-0.15, -0.1) is 13.2 Å². The second-order valence-corrected chi connectivity index (χ2v) is 7.41. The Hall–Kier alpha value is -4.00. The van der Waals surface area contributed by atoms with E-state index in [1.807, 2.05) is 48.5 Å². The second-order valence-electron chi connectivity index (χ2n) is 7.41. The summed E-state index contributed by atoms with van der Waals surface area (Å²) in [5, 5.41) is 0. The number of alkyl halides is 3. The summed E-state index contributed by atoms with van der Waals surface area (Å²) in [6.07, 6.45) is -3.51. The summed E-state index contributed by atoms with van der Waals surface area (Å²) in [5.41, 5.74) is 3.77. The summed E-state index contributed by atoms with van der Waals surface area (Å²) < 4.78 is 83.2. The third-order valence-electron chi connectivity index (χ3n) is 5.19. The van der Waals surface area contributed by atoms with Crippen LogP contribution in [0.2, 0.25) is 0 Å². The maximum absolute atomic E-state index is 14.8. The number of hydrogen-bond donors (Lipinski definition) is 0. The molecule has 34 heavy (non-hydrogen) atoms. The largest absolute Gasteiger partial charge is 0.573 e. The van der Waals surface area contributed by atoms with Crippen molar-refractivity contribution in [2.45, 2.75) is 6.36 Å². The highest BCUT2D eigenvalue weighted by Gasteiger charge is 2.34. The molecule has 7 heteroatoms. The van der Waals surface area contributed by atoms with Crippen molar-refractivity contribution in [2.24, 2.45) is 0 Å². The van der Waals surface area contributed by atoms with Gasteiger partial charge < -0.3 is 4.74 Å². The molecule has 0 aliphatic heterocycles. The lowest BCUT2D eigenvalue weighted by Gasteiger charge is -2.13. The molecule has 0 aromatic heterocycles. The molecule has 0 aliphatic rings. The highest BCUT2D eigenvalue weighted by Crippen LogP contribution is 2.35. The first kappa shape index (κ1) is 23.2. The molecule has 0 amide bonds. The Morgan fingerprint density at radius 2 is 1.03 bits per heavy atom. The first-order valence-electron chi connectivity index (χ1n) is 10.0. The number of benzene rings is 4. The second kappa shape index (κ2) is 9.09. The van der Waals surface area contributed by atoms with Crippen LogP contribution in [0.1, 0.15) is 5.56 Å². The zero-order valence-corrected chi connectivity index (χ0v) is 17.5. The molecule has 4 aromatic carbocycles. The first-order chi connectivity index (χ1) is 16.1. The molecule has 1 nitrogen and oxygen atoms in total. The summed E-state index contributed by atoms with van der Waals surface area (Å²) in [7, 11) is 0. The number of halogens is 6. The minimum atomic E-state index is -5.26. The van der Waals surface area contributed by atoms with E-state index in [1.165, 1.54) is 12.1 Å². The van der Waals surface area contributed by atoms with Crippen molar-refractivity contribution in [2.75, 3.05) is 0 Å². The maximum Gasteiger partial charge on any atom is 0.573 e. The van der Waals surface area contributed by atoms with Crippen molar-refractivity contribution < 1.29 is 31.1 Å². The molecule has 4 aromatic rings. The standard InChI is InChI=1S/C27H16F6O/c1-2-16-3-5-17(6-4-16)18-7-9-19(10-8-18)20-11-12-22(23(28)13-20)21-14-24(29)26(25(30)15-21)34-27(31,32)33/h2-15H,1H2. The molecule has 0 atom stereocenters. The van der Waals surface area contributed by atoms with E-state index in [-0.39, 0.29) is 11.1 Å². The summed E-state index contributed by atoms with van der Waals surface area (Å²) >= 11 is 0. The van der Waals surface area contributed by atoms with Crippen LogP contribution in [-0.2, 0) is 0 Å². The molecule has 0 unspecified atom stereocenters. The SMILES string of the molecule is C=Cc1ccc(-c2ccc(-c3ccc(-c4cc(F)c(OC(F)(F)F)c(F)c4)c(F)c3)cc2)cc1. The third-order valence-corrected chi connectivity index (χ3v) is 5.19. The molecule has 172 valence electrons. The molecular formula is C27H16F6O. The predicted molar refractivity (Wildman–Crippen MR) is 119 cm³/mol. The van der Waals surface area contributed by atoms with Crippen molar-refractivity contribution in [3.63, 3.8) is 0 Å². The Morgan fingerprint density at radius 3 is 1.50 bits per heavy atom. The quantitative estimate of drug-likeness (QED) is 0.265. The van der Waals surface area contributed by atoms with E-state index in [2.05, 4.69) is 11.3 Å². The number of rotatable bonds is 5. The fraction of sp³-hybridized carbons (Fsp3) is 0.0370. The van der Waals surface area contributed by atoms with Gasteiger partial charge in [-0.2, -0.15) is 0 Å². The normalized spacial score (nSPS) is 11.4. The van der Waals surface area contributed by atoms with Crippen molar-refractivity contribution >= 4 is 6.08 Å². The molecule has 0 saturated heterocycles. The minimum absolute atomic E-state index is 0.168. The van der Waals surface area contributed by atoms with E-state index < -0.39 is 29.6 Å². The fourth-order valence-electron chi connectivity index (χ4n) is 3.52. The minimum Gasteiger partial charge on any atom is -0.399 e. The highest BCUT2D eigenvalue weighted by molar-refractivity contribution is 5.74. The summed E-state index contributed by atoms with van der Waals surface area (Å²) in [4.78, 5) is 0. The van der Waals surface area contributed by atoms with Gasteiger partial charge in [0.25, 0.3) is 0 Å². The molecular weight excluding hydrogens is 454 g/mol. The van der Waals surface area contributed by atoms with Crippen LogP contribution in [0.5, 0.6) is 5.75 Å². The van der Waals surface area contributed by atoms with Crippen LogP contribution < -0.4 is 4.74 Å². The van der Waals surface area contributed by atoms with Gasteiger partial charge in [-0.3, -0.25) is 0 Å². The zero-order valence-electron chi connectivity index (χ0n) is 17.5. The molecule has 0 heterocycles. The van der Waals surface area contributed by atoms with Gasteiger partial charge >= 0.3 is 6.36 Å². The average Bonchev–Trinajstić information content (AvgIpc) is 2.81. The van der Waals surface area contributed by atoms with Crippen LogP contribution in [0.25, 0.3) is 39.5 Å². The van der Waals surface area contributed by atoms with Crippen LogP contribution in [0.3, 0.4) is 0 Å². The van der Waals surface area contributed by atoms with Crippen molar-refractivity contribution in [1.29, 1.82) is 0 Å². The van der Waals surface area contributed by atoms with E-state index in [1.54, 1.807) is 12.1 Å². The molecule has 0 saturated carbocycles. The van der Waals surface area contributed by atoms with E-state index in [0.717, 1.165) is 16.7 Å². The van der Waals surface area contributed by atoms with Crippen LogP contribution in [0.4, 0.5) is 26.3 Å². The third kappa shape index (κ3) is 4.98. The molecule has 0 fully saturated rings.